The third-order valence-electron chi connectivity index (χ3n) is 1.94. The van der Waals surface area contributed by atoms with E-state index in [1.807, 2.05) is 0 Å². The van der Waals surface area contributed by atoms with Gasteiger partial charge in [-0.05, 0) is 6.07 Å². The van der Waals surface area contributed by atoms with Crippen molar-refractivity contribution >= 4 is 0 Å². The van der Waals surface area contributed by atoms with E-state index in [-0.39, 0.29) is 6.07 Å². The number of ether oxygens (including phenoxy) is 1. The molecule has 0 amide bonds. The molecule has 0 aliphatic heterocycles. The molecule has 0 saturated carbocycles. The molecule has 0 fully saturated rings. The lowest BCUT2D eigenvalue weighted by Crippen LogP contribution is -2.20. The lowest BCUT2D eigenvalue weighted by atomic mass is 10.1. The first-order chi connectivity index (χ1) is 8.20. The van der Waals surface area contributed by atoms with Crippen LogP contribution in [0.5, 0.6) is 0 Å². The standard InChI is InChI=1S/C10H8F6O2/c11-6-2-8(13)7(12)1-5(6)9(17)3-18-4-10(14,15)16/h1-2,9,17H,3-4H2. The Balaban J connectivity index is 2.67. The number of hydrogen-bond donors (Lipinski definition) is 1. The molecule has 0 aliphatic rings. The Morgan fingerprint density at radius 3 is 2.17 bits per heavy atom. The Morgan fingerprint density at radius 1 is 1.06 bits per heavy atom. The van der Waals surface area contributed by atoms with Crippen LogP contribution in [0.3, 0.4) is 0 Å². The number of hydrogen-bond acceptors (Lipinski definition) is 2. The van der Waals surface area contributed by atoms with Crippen molar-refractivity contribution in [1.29, 1.82) is 0 Å². The van der Waals surface area contributed by atoms with Crippen molar-refractivity contribution in [1.82, 2.24) is 0 Å². The van der Waals surface area contributed by atoms with Crippen LogP contribution in [-0.4, -0.2) is 24.5 Å². The van der Waals surface area contributed by atoms with Gasteiger partial charge in [0.1, 0.15) is 18.5 Å². The average Bonchev–Trinajstić information content (AvgIpc) is 2.21. The highest BCUT2D eigenvalue weighted by Gasteiger charge is 2.28. The van der Waals surface area contributed by atoms with Crippen LogP contribution >= 0.6 is 0 Å². The molecular formula is C10H8F6O2. The van der Waals surface area contributed by atoms with Crippen molar-refractivity contribution in [2.45, 2.75) is 12.3 Å². The van der Waals surface area contributed by atoms with E-state index in [0.717, 1.165) is 0 Å². The summed E-state index contributed by atoms with van der Waals surface area (Å²) in [4.78, 5) is 0. The summed E-state index contributed by atoms with van der Waals surface area (Å²) in [5.41, 5.74) is -0.670. The van der Waals surface area contributed by atoms with Crippen LogP contribution in [0.2, 0.25) is 0 Å². The molecule has 1 aromatic rings. The molecule has 1 aromatic carbocycles. The van der Waals surface area contributed by atoms with Gasteiger partial charge >= 0.3 is 6.18 Å². The van der Waals surface area contributed by atoms with E-state index >= 15 is 0 Å². The van der Waals surface area contributed by atoms with Gasteiger partial charge in [0.05, 0.1) is 6.61 Å². The molecular weight excluding hydrogens is 266 g/mol. The monoisotopic (exact) mass is 274 g/mol. The molecule has 0 bridgehead atoms. The molecule has 0 radical (unpaired) electrons. The van der Waals surface area contributed by atoms with Crippen molar-refractivity contribution in [2.24, 2.45) is 0 Å². The van der Waals surface area contributed by atoms with Crippen LogP contribution in [0.1, 0.15) is 11.7 Å². The molecule has 1 atom stereocenters. The fourth-order valence-electron chi connectivity index (χ4n) is 1.17. The van der Waals surface area contributed by atoms with Gasteiger partial charge in [-0.25, -0.2) is 13.2 Å². The van der Waals surface area contributed by atoms with Crippen molar-refractivity contribution in [2.75, 3.05) is 13.2 Å². The van der Waals surface area contributed by atoms with Gasteiger partial charge in [0, 0.05) is 11.6 Å². The van der Waals surface area contributed by atoms with Crippen LogP contribution < -0.4 is 0 Å². The second kappa shape index (κ2) is 5.57. The minimum Gasteiger partial charge on any atom is -0.386 e. The molecule has 2 nitrogen and oxygen atoms in total. The Morgan fingerprint density at radius 2 is 1.61 bits per heavy atom. The van der Waals surface area contributed by atoms with E-state index in [1.54, 1.807) is 0 Å². The minimum absolute atomic E-state index is 0.192. The Hall–Kier alpha value is -1.28. The van der Waals surface area contributed by atoms with Crippen molar-refractivity contribution in [3.05, 3.63) is 35.1 Å². The van der Waals surface area contributed by atoms with Gasteiger partial charge in [-0.1, -0.05) is 0 Å². The molecule has 18 heavy (non-hydrogen) atoms. The number of aliphatic hydroxyl groups excluding tert-OH is 1. The fourth-order valence-corrected chi connectivity index (χ4v) is 1.17. The first-order valence-electron chi connectivity index (χ1n) is 4.67. The lowest BCUT2D eigenvalue weighted by Gasteiger charge is -2.13. The Labute approximate surface area is 97.8 Å². The van der Waals surface area contributed by atoms with Gasteiger partial charge in [-0.2, -0.15) is 13.2 Å². The molecule has 0 heterocycles. The topological polar surface area (TPSA) is 29.5 Å². The van der Waals surface area contributed by atoms with Crippen LogP contribution in [0, 0.1) is 17.5 Å². The van der Waals surface area contributed by atoms with Gasteiger partial charge in [-0.3, -0.25) is 0 Å². The first-order valence-corrected chi connectivity index (χ1v) is 4.67. The average molecular weight is 274 g/mol. The highest BCUT2D eigenvalue weighted by molar-refractivity contribution is 5.22. The fraction of sp³-hybridized carbons (Fsp3) is 0.400. The third-order valence-corrected chi connectivity index (χ3v) is 1.94. The SMILES string of the molecule is OC(COCC(F)(F)F)c1cc(F)c(F)cc1F. The molecule has 0 aromatic heterocycles. The zero-order valence-electron chi connectivity index (χ0n) is 8.77. The molecule has 0 aliphatic carbocycles. The van der Waals surface area contributed by atoms with E-state index < -0.39 is 48.5 Å². The Bertz CT molecular complexity index is 418. The van der Waals surface area contributed by atoms with Gasteiger partial charge in [0.2, 0.25) is 0 Å². The van der Waals surface area contributed by atoms with Gasteiger partial charge < -0.3 is 9.84 Å². The summed E-state index contributed by atoms with van der Waals surface area (Å²) in [6, 6.07) is 0.559. The number of aliphatic hydroxyl groups is 1. The third kappa shape index (κ3) is 4.19. The summed E-state index contributed by atoms with van der Waals surface area (Å²) >= 11 is 0. The predicted molar refractivity (Wildman–Crippen MR) is 48.1 cm³/mol. The smallest absolute Gasteiger partial charge is 0.386 e. The molecule has 8 heteroatoms. The normalized spacial score (nSPS) is 13.7. The van der Waals surface area contributed by atoms with Crippen LogP contribution in [-0.2, 0) is 4.74 Å². The van der Waals surface area contributed by atoms with E-state index in [0.29, 0.717) is 6.07 Å². The van der Waals surface area contributed by atoms with E-state index in [2.05, 4.69) is 4.74 Å². The molecule has 102 valence electrons. The molecule has 1 unspecified atom stereocenters. The van der Waals surface area contributed by atoms with Crippen molar-refractivity contribution < 1.29 is 36.2 Å². The highest BCUT2D eigenvalue weighted by atomic mass is 19.4. The van der Waals surface area contributed by atoms with Crippen molar-refractivity contribution in [3.63, 3.8) is 0 Å². The van der Waals surface area contributed by atoms with Crippen LogP contribution in [0.25, 0.3) is 0 Å². The maximum absolute atomic E-state index is 13.1. The van der Waals surface area contributed by atoms with Gasteiger partial charge in [0.15, 0.2) is 11.6 Å². The minimum atomic E-state index is -4.59. The summed E-state index contributed by atoms with van der Waals surface area (Å²) in [7, 11) is 0. The van der Waals surface area contributed by atoms with E-state index in [1.165, 1.54) is 0 Å². The zero-order valence-corrected chi connectivity index (χ0v) is 8.77. The lowest BCUT2D eigenvalue weighted by molar-refractivity contribution is -0.179. The number of rotatable bonds is 4. The largest absolute Gasteiger partial charge is 0.411 e. The quantitative estimate of drug-likeness (QED) is 0.675. The van der Waals surface area contributed by atoms with Crippen LogP contribution in [0.4, 0.5) is 26.3 Å². The van der Waals surface area contributed by atoms with Gasteiger partial charge in [0.25, 0.3) is 0 Å². The van der Waals surface area contributed by atoms with Crippen molar-refractivity contribution in [3.8, 4) is 0 Å². The molecule has 1 rings (SSSR count). The number of benzene rings is 1. The summed E-state index contributed by atoms with van der Waals surface area (Å²) < 4.78 is 77.6. The highest BCUT2D eigenvalue weighted by Crippen LogP contribution is 2.22. The molecule has 1 N–H and O–H groups in total. The molecule has 0 saturated heterocycles. The second-order valence-corrected chi connectivity index (χ2v) is 3.43. The number of alkyl halides is 3. The van der Waals surface area contributed by atoms with Crippen LogP contribution in [0.15, 0.2) is 12.1 Å². The summed E-state index contributed by atoms with van der Waals surface area (Å²) in [5, 5.41) is 9.29. The summed E-state index contributed by atoms with van der Waals surface area (Å²) in [6.45, 7) is -2.52. The predicted octanol–water partition coefficient (Wildman–Crippen LogP) is 2.72. The first kappa shape index (κ1) is 14.8. The zero-order chi connectivity index (χ0) is 13.9. The maximum atomic E-state index is 13.1. The summed E-state index contributed by atoms with van der Waals surface area (Å²) in [5.74, 6) is -4.14. The number of halogens is 6. The molecule has 0 spiro atoms. The van der Waals surface area contributed by atoms with E-state index in [4.69, 9.17) is 0 Å². The Kier molecular flexibility index (Phi) is 4.58. The second-order valence-electron chi connectivity index (χ2n) is 3.43. The maximum Gasteiger partial charge on any atom is 0.411 e. The summed E-state index contributed by atoms with van der Waals surface area (Å²) in [6.07, 6.45) is -6.41. The van der Waals surface area contributed by atoms with Gasteiger partial charge in [-0.15, -0.1) is 0 Å². The van der Waals surface area contributed by atoms with E-state index in [9.17, 15) is 31.4 Å².